The quantitative estimate of drug-likeness (QED) is 0.693. The third kappa shape index (κ3) is 2.57. The van der Waals surface area contributed by atoms with Crippen molar-refractivity contribution in [2.45, 2.75) is 18.8 Å². The van der Waals surface area contributed by atoms with Crippen LogP contribution in [0.3, 0.4) is 0 Å². The second-order valence-electron chi connectivity index (χ2n) is 6.57. The number of carbonyl (C=O) groups is 1. The number of hydrogen-bond acceptors (Lipinski definition) is 3. The number of anilines is 1. The number of nitrogens with one attached hydrogen (secondary N) is 1. The molecule has 1 atom stereocenters. The summed E-state index contributed by atoms with van der Waals surface area (Å²) in [4.78, 5) is 17.2. The fourth-order valence-electron chi connectivity index (χ4n) is 3.76. The Morgan fingerprint density at radius 2 is 1.64 bits per heavy atom. The van der Waals surface area contributed by atoms with Crippen molar-refractivity contribution in [3.63, 3.8) is 0 Å². The molecule has 126 valence electrons. The van der Waals surface area contributed by atoms with E-state index in [4.69, 9.17) is 11.6 Å². The molecule has 25 heavy (non-hydrogen) atoms. The predicted octanol–water partition coefficient (Wildman–Crippen LogP) is 5.13. The summed E-state index contributed by atoms with van der Waals surface area (Å²) in [7, 11) is 0. The Labute approximate surface area is 155 Å². The van der Waals surface area contributed by atoms with Crippen molar-refractivity contribution in [2.24, 2.45) is 5.41 Å². The molecule has 1 heterocycles. The normalized spacial score (nSPS) is 20.9. The van der Waals surface area contributed by atoms with Gasteiger partial charge in [0, 0.05) is 5.41 Å². The van der Waals surface area contributed by atoms with Crippen molar-refractivity contribution in [1.82, 2.24) is 4.98 Å². The standard InChI is InChI=1S/C20H17ClN2OS/c1-19(17(24)23-18-22-12-16(21)25-18)13-20(19,14-8-4-2-5-9-14)15-10-6-3-7-11-15/h2-12H,13H2,1H3,(H,22,23,24). The minimum atomic E-state index is -0.534. The Hall–Kier alpha value is -2.17. The number of halogens is 1. The molecule has 3 nitrogen and oxygen atoms in total. The lowest BCUT2D eigenvalue weighted by molar-refractivity contribution is -0.121. The van der Waals surface area contributed by atoms with E-state index in [0.717, 1.165) is 17.5 Å². The minimum absolute atomic E-state index is 0.0220. The van der Waals surface area contributed by atoms with E-state index in [1.807, 2.05) is 43.3 Å². The first kappa shape index (κ1) is 16.3. The van der Waals surface area contributed by atoms with Gasteiger partial charge in [0.05, 0.1) is 11.6 Å². The fourth-order valence-corrected chi connectivity index (χ4v) is 4.57. The SMILES string of the molecule is CC1(C(=O)Nc2ncc(Cl)s2)CC1(c1ccccc1)c1ccccc1. The monoisotopic (exact) mass is 368 g/mol. The van der Waals surface area contributed by atoms with E-state index < -0.39 is 5.41 Å². The molecule has 0 saturated heterocycles. The molecule has 1 fully saturated rings. The minimum Gasteiger partial charge on any atom is -0.301 e. The van der Waals surface area contributed by atoms with E-state index in [1.54, 1.807) is 6.20 Å². The highest BCUT2D eigenvalue weighted by Crippen LogP contribution is 2.68. The molecule has 5 heteroatoms. The molecule has 1 aliphatic carbocycles. The Bertz CT molecular complexity index is 870. The van der Waals surface area contributed by atoms with Crippen molar-refractivity contribution in [1.29, 1.82) is 0 Å². The van der Waals surface area contributed by atoms with Gasteiger partial charge in [-0.2, -0.15) is 0 Å². The van der Waals surface area contributed by atoms with Gasteiger partial charge in [-0.1, -0.05) is 83.6 Å². The molecule has 0 radical (unpaired) electrons. The smallest absolute Gasteiger partial charge is 0.233 e. The van der Waals surface area contributed by atoms with Crippen LogP contribution < -0.4 is 5.32 Å². The fraction of sp³-hybridized carbons (Fsp3) is 0.200. The van der Waals surface area contributed by atoms with Crippen molar-refractivity contribution >= 4 is 34.0 Å². The van der Waals surface area contributed by atoms with Crippen LogP contribution in [0.4, 0.5) is 5.13 Å². The van der Waals surface area contributed by atoms with Gasteiger partial charge in [-0.3, -0.25) is 4.79 Å². The molecule has 4 rings (SSSR count). The van der Waals surface area contributed by atoms with E-state index in [2.05, 4.69) is 34.6 Å². The maximum atomic E-state index is 13.1. The number of hydrogen-bond donors (Lipinski definition) is 1. The summed E-state index contributed by atoms with van der Waals surface area (Å²) >= 11 is 7.20. The molecular weight excluding hydrogens is 352 g/mol. The van der Waals surface area contributed by atoms with Crippen LogP contribution in [-0.2, 0) is 10.2 Å². The zero-order valence-electron chi connectivity index (χ0n) is 13.7. The van der Waals surface area contributed by atoms with Gasteiger partial charge in [-0.05, 0) is 24.5 Å². The largest absolute Gasteiger partial charge is 0.301 e. The number of nitrogens with zero attached hydrogens (tertiary/aromatic N) is 1. The van der Waals surface area contributed by atoms with Crippen LogP contribution in [0, 0.1) is 5.41 Å². The van der Waals surface area contributed by atoms with E-state index >= 15 is 0 Å². The van der Waals surface area contributed by atoms with Crippen LogP contribution in [0.2, 0.25) is 4.34 Å². The second-order valence-corrected chi connectivity index (χ2v) is 8.23. The highest BCUT2D eigenvalue weighted by molar-refractivity contribution is 7.19. The van der Waals surface area contributed by atoms with Gasteiger partial charge in [-0.25, -0.2) is 4.98 Å². The first-order chi connectivity index (χ1) is 12.1. The number of carbonyl (C=O) groups excluding carboxylic acids is 1. The van der Waals surface area contributed by atoms with E-state index in [9.17, 15) is 4.79 Å². The molecule has 0 aliphatic heterocycles. The summed E-state index contributed by atoms with van der Waals surface area (Å²) < 4.78 is 0.564. The molecule has 1 saturated carbocycles. The summed E-state index contributed by atoms with van der Waals surface area (Å²) in [5.74, 6) is -0.0220. The molecule has 2 aromatic carbocycles. The molecule has 0 bridgehead atoms. The van der Waals surface area contributed by atoms with Gasteiger partial charge in [-0.15, -0.1) is 0 Å². The molecule has 1 aromatic heterocycles. The third-order valence-corrected chi connectivity index (χ3v) is 6.20. The summed E-state index contributed by atoms with van der Waals surface area (Å²) in [6, 6.07) is 20.5. The number of aromatic nitrogens is 1. The number of amides is 1. The van der Waals surface area contributed by atoms with E-state index in [1.165, 1.54) is 11.3 Å². The van der Waals surface area contributed by atoms with Crippen LogP contribution in [0.25, 0.3) is 0 Å². The van der Waals surface area contributed by atoms with Gasteiger partial charge in [0.2, 0.25) is 5.91 Å². The number of rotatable bonds is 4. The number of benzene rings is 2. The van der Waals surface area contributed by atoms with Crippen LogP contribution in [-0.4, -0.2) is 10.9 Å². The first-order valence-corrected chi connectivity index (χ1v) is 9.29. The summed E-state index contributed by atoms with van der Waals surface area (Å²) in [5, 5.41) is 3.48. The zero-order valence-corrected chi connectivity index (χ0v) is 15.3. The van der Waals surface area contributed by atoms with Gasteiger partial charge >= 0.3 is 0 Å². The highest BCUT2D eigenvalue weighted by Gasteiger charge is 2.70. The molecule has 1 amide bonds. The van der Waals surface area contributed by atoms with Gasteiger partial charge in [0.15, 0.2) is 5.13 Å². The lowest BCUT2D eigenvalue weighted by Gasteiger charge is -2.23. The zero-order chi connectivity index (χ0) is 17.5. The van der Waals surface area contributed by atoms with Gasteiger partial charge in [0.1, 0.15) is 4.34 Å². The maximum Gasteiger partial charge on any atom is 0.233 e. The summed E-state index contributed by atoms with van der Waals surface area (Å²) in [6.07, 6.45) is 2.32. The predicted molar refractivity (Wildman–Crippen MR) is 102 cm³/mol. The third-order valence-electron chi connectivity index (χ3n) is 5.17. The summed E-state index contributed by atoms with van der Waals surface area (Å²) in [5.41, 5.74) is 1.47. The molecule has 1 aliphatic rings. The van der Waals surface area contributed by atoms with Crippen molar-refractivity contribution in [2.75, 3.05) is 5.32 Å². The van der Waals surface area contributed by atoms with Gasteiger partial charge in [0.25, 0.3) is 0 Å². The average Bonchev–Trinajstić information content (AvgIpc) is 3.11. The van der Waals surface area contributed by atoms with E-state index in [-0.39, 0.29) is 11.3 Å². The van der Waals surface area contributed by atoms with Crippen LogP contribution in [0.15, 0.2) is 66.9 Å². The number of thiazole rings is 1. The summed E-state index contributed by atoms with van der Waals surface area (Å²) in [6.45, 7) is 2.03. The highest BCUT2D eigenvalue weighted by atomic mass is 35.5. The Morgan fingerprint density at radius 3 is 2.12 bits per heavy atom. The Morgan fingerprint density at radius 1 is 1.08 bits per heavy atom. The Kier molecular flexibility index (Phi) is 3.89. The van der Waals surface area contributed by atoms with Crippen LogP contribution >= 0.6 is 22.9 Å². The first-order valence-electron chi connectivity index (χ1n) is 8.10. The van der Waals surface area contributed by atoms with Crippen molar-refractivity contribution in [3.05, 3.63) is 82.3 Å². The molecular formula is C20H17ClN2OS. The lowest BCUT2D eigenvalue weighted by Crippen LogP contribution is -2.30. The van der Waals surface area contributed by atoms with Crippen molar-refractivity contribution < 1.29 is 4.79 Å². The van der Waals surface area contributed by atoms with Gasteiger partial charge < -0.3 is 5.32 Å². The van der Waals surface area contributed by atoms with Crippen LogP contribution in [0.5, 0.6) is 0 Å². The maximum absolute atomic E-state index is 13.1. The van der Waals surface area contributed by atoms with E-state index in [0.29, 0.717) is 9.47 Å². The topological polar surface area (TPSA) is 42.0 Å². The molecule has 0 spiro atoms. The lowest BCUT2D eigenvalue weighted by atomic mass is 9.80. The molecule has 3 aromatic rings. The molecule has 1 unspecified atom stereocenters. The van der Waals surface area contributed by atoms with Crippen molar-refractivity contribution in [3.8, 4) is 0 Å². The Balaban J connectivity index is 1.73. The average molecular weight is 369 g/mol. The molecule has 1 N–H and O–H groups in total. The van der Waals surface area contributed by atoms with Crippen LogP contribution in [0.1, 0.15) is 24.5 Å². The second kappa shape index (κ2) is 5.97.